The van der Waals surface area contributed by atoms with E-state index in [1.165, 1.54) is 42.9 Å². The van der Waals surface area contributed by atoms with E-state index in [-0.39, 0.29) is 11.8 Å². The van der Waals surface area contributed by atoms with Gasteiger partial charge in [-0.3, -0.25) is 4.79 Å². The van der Waals surface area contributed by atoms with Gasteiger partial charge in [0.05, 0.1) is 12.2 Å². The Morgan fingerprint density at radius 3 is 2.55 bits per heavy atom. The predicted octanol–water partition coefficient (Wildman–Crippen LogP) is 0.650. The van der Waals surface area contributed by atoms with Crippen LogP contribution in [-0.4, -0.2) is 69.1 Å². The molecule has 0 saturated carbocycles. The van der Waals surface area contributed by atoms with E-state index in [4.69, 9.17) is 0 Å². The van der Waals surface area contributed by atoms with Crippen LogP contribution in [-0.2, 0) is 14.8 Å². The van der Waals surface area contributed by atoms with Crippen molar-refractivity contribution in [1.82, 2.24) is 14.5 Å². The third-order valence-electron chi connectivity index (χ3n) is 4.62. The summed E-state index contributed by atoms with van der Waals surface area (Å²) in [6.07, 6.45) is 7.64. The molecular formula is C15H29N3O3S. The molecule has 2 saturated heterocycles. The molecule has 2 fully saturated rings. The molecule has 2 heterocycles. The molecule has 0 aromatic carbocycles. The monoisotopic (exact) mass is 331 g/mol. The van der Waals surface area contributed by atoms with Crippen molar-refractivity contribution < 1.29 is 13.2 Å². The summed E-state index contributed by atoms with van der Waals surface area (Å²) in [6.45, 7) is 4.96. The van der Waals surface area contributed by atoms with Crippen LogP contribution in [0.3, 0.4) is 0 Å². The van der Waals surface area contributed by atoms with Crippen LogP contribution in [0.15, 0.2) is 0 Å². The summed E-state index contributed by atoms with van der Waals surface area (Å²) < 4.78 is 24.6. The third kappa shape index (κ3) is 5.52. The normalized spacial score (nSPS) is 25.0. The van der Waals surface area contributed by atoms with Crippen LogP contribution < -0.4 is 5.32 Å². The Kier molecular flexibility index (Phi) is 6.65. The van der Waals surface area contributed by atoms with Crippen molar-refractivity contribution in [2.45, 2.75) is 38.5 Å². The minimum atomic E-state index is -3.19. The molecule has 22 heavy (non-hydrogen) atoms. The molecule has 2 rings (SSSR count). The highest BCUT2D eigenvalue weighted by molar-refractivity contribution is 7.88. The van der Waals surface area contributed by atoms with Gasteiger partial charge in [-0.15, -0.1) is 0 Å². The molecule has 0 aromatic heterocycles. The SMILES string of the molecule is CS(=O)(=O)N1CCC[C@H](C(=O)NCCCN2CCCCC2)C1. The number of hydrogen-bond donors (Lipinski definition) is 1. The maximum absolute atomic E-state index is 12.2. The molecule has 2 aliphatic rings. The van der Waals surface area contributed by atoms with Gasteiger partial charge in [0, 0.05) is 19.6 Å². The fourth-order valence-electron chi connectivity index (χ4n) is 3.30. The van der Waals surface area contributed by atoms with Gasteiger partial charge in [0.15, 0.2) is 0 Å². The van der Waals surface area contributed by atoms with E-state index in [1.807, 2.05) is 0 Å². The maximum Gasteiger partial charge on any atom is 0.224 e. The Morgan fingerprint density at radius 1 is 1.14 bits per heavy atom. The highest BCUT2D eigenvalue weighted by atomic mass is 32.2. The first-order valence-electron chi connectivity index (χ1n) is 8.42. The summed E-state index contributed by atoms with van der Waals surface area (Å²) in [5.41, 5.74) is 0. The number of carbonyl (C=O) groups is 1. The van der Waals surface area contributed by atoms with E-state index >= 15 is 0 Å². The highest BCUT2D eigenvalue weighted by Crippen LogP contribution is 2.18. The fourth-order valence-corrected chi connectivity index (χ4v) is 4.21. The van der Waals surface area contributed by atoms with E-state index in [1.54, 1.807) is 0 Å². The topological polar surface area (TPSA) is 69.7 Å². The Bertz CT molecular complexity index is 461. The lowest BCUT2D eigenvalue weighted by atomic mass is 9.99. The van der Waals surface area contributed by atoms with Crippen LogP contribution >= 0.6 is 0 Å². The zero-order valence-electron chi connectivity index (χ0n) is 13.6. The molecule has 1 atom stereocenters. The Labute approximate surface area is 134 Å². The molecule has 1 N–H and O–H groups in total. The zero-order chi connectivity index (χ0) is 16.0. The van der Waals surface area contributed by atoms with Crippen molar-refractivity contribution in [3.8, 4) is 0 Å². The molecule has 1 amide bonds. The van der Waals surface area contributed by atoms with Crippen molar-refractivity contribution in [1.29, 1.82) is 0 Å². The first-order valence-corrected chi connectivity index (χ1v) is 10.3. The van der Waals surface area contributed by atoms with Crippen molar-refractivity contribution in [2.75, 3.05) is 45.5 Å². The number of rotatable bonds is 6. The molecule has 0 spiro atoms. The quantitative estimate of drug-likeness (QED) is 0.726. The molecule has 0 bridgehead atoms. The van der Waals surface area contributed by atoms with Gasteiger partial charge >= 0.3 is 0 Å². The minimum absolute atomic E-state index is 0.00648. The second-order valence-corrected chi connectivity index (χ2v) is 8.49. The summed E-state index contributed by atoms with van der Waals surface area (Å²) in [6, 6.07) is 0. The van der Waals surface area contributed by atoms with Crippen LogP contribution in [0.4, 0.5) is 0 Å². The van der Waals surface area contributed by atoms with Crippen LogP contribution in [0.25, 0.3) is 0 Å². The number of carbonyl (C=O) groups excluding carboxylic acids is 1. The van der Waals surface area contributed by atoms with Gasteiger partial charge in [-0.2, -0.15) is 0 Å². The lowest BCUT2D eigenvalue weighted by molar-refractivity contribution is -0.126. The number of nitrogens with zero attached hydrogens (tertiary/aromatic N) is 2. The summed E-state index contributed by atoms with van der Waals surface area (Å²) >= 11 is 0. The number of sulfonamides is 1. The number of amides is 1. The molecule has 0 aromatic rings. The molecule has 2 aliphatic heterocycles. The van der Waals surface area contributed by atoms with Crippen molar-refractivity contribution >= 4 is 15.9 Å². The average molecular weight is 331 g/mol. The fraction of sp³-hybridized carbons (Fsp3) is 0.933. The molecule has 6 nitrogen and oxygen atoms in total. The summed E-state index contributed by atoms with van der Waals surface area (Å²) in [5, 5.41) is 2.98. The Hall–Kier alpha value is -0.660. The van der Waals surface area contributed by atoms with Gasteiger partial charge in [0.2, 0.25) is 15.9 Å². The Morgan fingerprint density at radius 2 is 1.86 bits per heavy atom. The number of likely N-dealkylation sites (tertiary alicyclic amines) is 1. The van der Waals surface area contributed by atoms with Crippen LogP contribution in [0, 0.1) is 5.92 Å². The lowest BCUT2D eigenvalue weighted by Gasteiger charge is -2.30. The van der Waals surface area contributed by atoms with E-state index in [0.717, 1.165) is 25.8 Å². The van der Waals surface area contributed by atoms with Crippen molar-refractivity contribution in [3.05, 3.63) is 0 Å². The molecule has 128 valence electrons. The number of hydrogen-bond acceptors (Lipinski definition) is 4. The van der Waals surface area contributed by atoms with Crippen LogP contribution in [0.1, 0.15) is 38.5 Å². The van der Waals surface area contributed by atoms with Gasteiger partial charge in [0.1, 0.15) is 0 Å². The molecule has 0 radical (unpaired) electrons. The number of piperidine rings is 2. The highest BCUT2D eigenvalue weighted by Gasteiger charge is 2.29. The smallest absolute Gasteiger partial charge is 0.224 e. The van der Waals surface area contributed by atoms with E-state index in [2.05, 4.69) is 10.2 Å². The van der Waals surface area contributed by atoms with Crippen molar-refractivity contribution in [2.24, 2.45) is 5.92 Å². The van der Waals surface area contributed by atoms with Gasteiger partial charge in [-0.05, 0) is 51.7 Å². The van der Waals surface area contributed by atoms with Gasteiger partial charge < -0.3 is 10.2 Å². The lowest BCUT2D eigenvalue weighted by Crippen LogP contribution is -2.45. The second-order valence-electron chi connectivity index (χ2n) is 6.51. The predicted molar refractivity (Wildman–Crippen MR) is 87.1 cm³/mol. The Balaban J connectivity index is 1.66. The summed E-state index contributed by atoms with van der Waals surface area (Å²) in [7, 11) is -3.19. The van der Waals surface area contributed by atoms with Gasteiger partial charge in [-0.25, -0.2) is 12.7 Å². The second kappa shape index (κ2) is 8.26. The van der Waals surface area contributed by atoms with E-state index in [9.17, 15) is 13.2 Å². The van der Waals surface area contributed by atoms with Gasteiger partial charge in [0.25, 0.3) is 0 Å². The summed E-state index contributed by atoms with van der Waals surface area (Å²) in [5.74, 6) is -0.189. The zero-order valence-corrected chi connectivity index (χ0v) is 14.4. The third-order valence-corrected chi connectivity index (χ3v) is 5.89. The molecule has 0 aliphatic carbocycles. The average Bonchev–Trinajstić information content (AvgIpc) is 2.52. The minimum Gasteiger partial charge on any atom is -0.356 e. The maximum atomic E-state index is 12.2. The number of nitrogens with one attached hydrogen (secondary N) is 1. The van der Waals surface area contributed by atoms with E-state index in [0.29, 0.717) is 19.6 Å². The standard InChI is InChI=1S/C15H29N3O3S/c1-22(20,21)18-12-5-7-14(13-18)15(19)16-8-6-11-17-9-3-2-4-10-17/h14H,2-13H2,1H3,(H,16,19)/t14-/m0/s1. The van der Waals surface area contributed by atoms with Crippen molar-refractivity contribution in [3.63, 3.8) is 0 Å². The van der Waals surface area contributed by atoms with Crippen LogP contribution in [0.5, 0.6) is 0 Å². The molecular weight excluding hydrogens is 302 g/mol. The molecule has 0 unspecified atom stereocenters. The van der Waals surface area contributed by atoms with Gasteiger partial charge in [-0.1, -0.05) is 6.42 Å². The summed E-state index contributed by atoms with van der Waals surface area (Å²) in [4.78, 5) is 14.6. The van der Waals surface area contributed by atoms with Crippen LogP contribution in [0.2, 0.25) is 0 Å². The largest absolute Gasteiger partial charge is 0.356 e. The first kappa shape index (κ1) is 17.7. The first-order chi connectivity index (χ1) is 10.5. The molecule has 7 heteroatoms. The van der Waals surface area contributed by atoms with E-state index < -0.39 is 10.0 Å².